The number of aliphatic hydroxyl groups excluding tert-OH is 1. The van der Waals surface area contributed by atoms with Gasteiger partial charge in [-0.1, -0.05) is 143 Å². The van der Waals surface area contributed by atoms with Crippen LogP contribution in [-0.2, 0) is 4.79 Å². The molecular formula is C28H58O3. The molecule has 0 aliphatic rings. The van der Waals surface area contributed by atoms with Crippen molar-refractivity contribution in [1.29, 1.82) is 0 Å². The predicted molar refractivity (Wildman–Crippen MR) is 137 cm³/mol. The molecule has 0 heterocycles. The van der Waals surface area contributed by atoms with Crippen LogP contribution in [0, 0.1) is 0 Å². The third-order valence-electron chi connectivity index (χ3n) is 6.03. The average Bonchev–Trinajstić information content (AvgIpc) is 2.75. The van der Waals surface area contributed by atoms with Gasteiger partial charge in [-0.05, 0) is 19.3 Å². The highest BCUT2D eigenvalue weighted by Gasteiger charge is 2.03. The smallest absolute Gasteiger partial charge is 0.303 e. The summed E-state index contributed by atoms with van der Waals surface area (Å²) in [4.78, 5) is 10.2. The lowest BCUT2D eigenvalue weighted by Gasteiger charge is -2.09. The molecule has 0 amide bonds. The maximum absolute atomic E-state index is 10.2. The Morgan fingerprint density at radius 2 is 0.806 bits per heavy atom. The fourth-order valence-electron chi connectivity index (χ4n) is 3.88. The van der Waals surface area contributed by atoms with Crippen LogP contribution in [0.1, 0.15) is 168 Å². The molecule has 0 spiro atoms. The minimum Gasteiger partial charge on any atom is -0.481 e. The van der Waals surface area contributed by atoms with Crippen molar-refractivity contribution in [3.63, 3.8) is 0 Å². The summed E-state index contributed by atoms with van der Waals surface area (Å²) in [5, 5.41) is 18.2. The van der Waals surface area contributed by atoms with E-state index in [0.29, 0.717) is 6.42 Å². The van der Waals surface area contributed by atoms with Crippen LogP contribution in [0.4, 0.5) is 0 Å². The first kappa shape index (κ1) is 32.6. The van der Waals surface area contributed by atoms with Gasteiger partial charge in [0.15, 0.2) is 0 Å². The number of aliphatic carboxylic acids is 1. The molecule has 3 heteroatoms. The first-order valence-corrected chi connectivity index (χ1v) is 14.0. The van der Waals surface area contributed by atoms with E-state index >= 15 is 0 Å². The monoisotopic (exact) mass is 442 g/mol. The van der Waals surface area contributed by atoms with Crippen molar-refractivity contribution in [3.8, 4) is 0 Å². The van der Waals surface area contributed by atoms with E-state index in [9.17, 15) is 9.90 Å². The Labute approximate surface area is 195 Å². The van der Waals surface area contributed by atoms with Gasteiger partial charge in [0, 0.05) is 6.42 Å². The molecule has 0 aliphatic carbocycles. The molecule has 0 aromatic carbocycles. The van der Waals surface area contributed by atoms with Gasteiger partial charge >= 0.3 is 5.97 Å². The zero-order valence-electron chi connectivity index (χ0n) is 21.6. The number of carboxylic acids is 1. The van der Waals surface area contributed by atoms with Crippen LogP contribution in [0.15, 0.2) is 0 Å². The Morgan fingerprint density at radius 3 is 1.16 bits per heavy atom. The van der Waals surface area contributed by atoms with Gasteiger partial charge in [0.1, 0.15) is 0 Å². The van der Waals surface area contributed by atoms with Gasteiger partial charge in [-0.2, -0.15) is 0 Å². The van der Waals surface area contributed by atoms with Crippen molar-refractivity contribution >= 4 is 5.97 Å². The molecule has 31 heavy (non-hydrogen) atoms. The summed E-state index contributed by atoms with van der Waals surface area (Å²) in [5.74, 6) is -0.659. The molecule has 0 saturated carbocycles. The van der Waals surface area contributed by atoms with E-state index in [0.717, 1.165) is 25.7 Å². The van der Waals surface area contributed by atoms with Gasteiger partial charge < -0.3 is 10.2 Å². The van der Waals surface area contributed by atoms with Crippen molar-refractivity contribution < 1.29 is 15.0 Å². The van der Waals surface area contributed by atoms with E-state index in [1.165, 1.54) is 116 Å². The lowest BCUT2D eigenvalue weighted by molar-refractivity contribution is -0.137. The summed E-state index contributed by atoms with van der Waals surface area (Å²) in [6.45, 7) is 6.72. The molecule has 0 aromatic rings. The number of hydrogen-bond donors (Lipinski definition) is 2. The highest BCUT2D eigenvalue weighted by Crippen LogP contribution is 2.13. The largest absolute Gasteiger partial charge is 0.481 e. The number of carboxylic acid groups (broad SMARTS) is 1. The second-order valence-electron chi connectivity index (χ2n) is 9.39. The van der Waals surface area contributed by atoms with E-state index in [4.69, 9.17) is 5.11 Å². The van der Waals surface area contributed by atoms with E-state index in [2.05, 4.69) is 20.8 Å². The fourth-order valence-corrected chi connectivity index (χ4v) is 3.88. The molecule has 0 radical (unpaired) electrons. The number of rotatable bonds is 23. The van der Waals surface area contributed by atoms with Gasteiger partial charge in [-0.15, -0.1) is 0 Å². The van der Waals surface area contributed by atoms with Gasteiger partial charge in [0.25, 0.3) is 0 Å². The van der Waals surface area contributed by atoms with Crippen LogP contribution < -0.4 is 0 Å². The summed E-state index contributed by atoms with van der Waals surface area (Å²) in [6.07, 6.45) is 28.0. The predicted octanol–water partition coefficient (Wildman–Crippen LogP) is 9.45. The van der Waals surface area contributed by atoms with E-state index in [-0.39, 0.29) is 6.10 Å². The first-order valence-electron chi connectivity index (χ1n) is 14.0. The molecule has 3 nitrogen and oxygen atoms in total. The van der Waals surface area contributed by atoms with Crippen molar-refractivity contribution in [1.82, 2.24) is 0 Å². The van der Waals surface area contributed by atoms with Crippen molar-refractivity contribution in [2.24, 2.45) is 0 Å². The van der Waals surface area contributed by atoms with Gasteiger partial charge in [-0.25, -0.2) is 0 Å². The minimum absolute atomic E-state index is 0.0255. The summed E-state index contributed by atoms with van der Waals surface area (Å²) in [7, 11) is 0. The van der Waals surface area contributed by atoms with Crippen LogP contribution in [0.3, 0.4) is 0 Å². The van der Waals surface area contributed by atoms with Crippen molar-refractivity contribution in [3.05, 3.63) is 0 Å². The summed E-state index contributed by atoms with van der Waals surface area (Å²) < 4.78 is 0. The Balaban J connectivity index is 0. The van der Waals surface area contributed by atoms with Gasteiger partial charge in [-0.3, -0.25) is 4.79 Å². The SMILES string of the molecule is CCCCCCCCCC(O)CCCCCC.CCCCCCCCCCCC(=O)O. The molecular weight excluding hydrogens is 384 g/mol. The molecule has 188 valence electrons. The Hall–Kier alpha value is -0.570. The molecule has 1 atom stereocenters. The minimum atomic E-state index is -0.659. The molecule has 0 fully saturated rings. The molecule has 0 rings (SSSR count). The molecule has 0 bridgehead atoms. The van der Waals surface area contributed by atoms with E-state index < -0.39 is 5.97 Å². The molecule has 2 N–H and O–H groups in total. The fraction of sp³-hybridized carbons (Fsp3) is 0.964. The second kappa shape index (κ2) is 29.4. The summed E-state index contributed by atoms with van der Waals surface area (Å²) >= 11 is 0. The summed E-state index contributed by atoms with van der Waals surface area (Å²) in [6, 6.07) is 0. The third-order valence-corrected chi connectivity index (χ3v) is 6.03. The van der Waals surface area contributed by atoms with E-state index in [1.54, 1.807) is 0 Å². The lowest BCUT2D eigenvalue weighted by Crippen LogP contribution is -2.05. The highest BCUT2D eigenvalue weighted by atomic mass is 16.4. The van der Waals surface area contributed by atoms with E-state index in [1.807, 2.05) is 0 Å². The lowest BCUT2D eigenvalue weighted by atomic mass is 10.0. The molecule has 0 aliphatic heterocycles. The third kappa shape index (κ3) is 34.2. The standard InChI is InChI=1S/C16H34O.C12H24O2/c1-3-5-7-9-10-11-13-15-16(17)14-12-8-6-4-2;1-2-3-4-5-6-7-8-9-10-11-12(13)14/h16-17H,3-15H2,1-2H3;2-11H2,1H3,(H,13,14). The van der Waals surface area contributed by atoms with Crippen LogP contribution in [0.5, 0.6) is 0 Å². The van der Waals surface area contributed by atoms with Crippen molar-refractivity contribution in [2.45, 2.75) is 175 Å². The Bertz CT molecular complexity index is 330. The van der Waals surface area contributed by atoms with Crippen LogP contribution in [0.2, 0.25) is 0 Å². The number of unbranched alkanes of at least 4 members (excludes halogenated alkanes) is 17. The maximum atomic E-state index is 10.2. The topological polar surface area (TPSA) is 57.5 Å². The second-order valence-corrected chi connectivity index (χ2v) is 9.39. The molecule has 0 saturated heterocycles. The zero-order valence-corrected chi connectivity index (χ0v) is 21.6. The normalized spacial score (nSPS) is 11.7. The zero-order chi connectivity index (χ0) is 23.4. The van der Waals surface area contributed by atoms with Gasteiger partial charge in [0.05, 0.1) is 6.10 Å². The van der Waals surface area contributed by atoms with Crippen LogP contribution in [0.25, 0.3) is 0 Å². The average molecular weight is 443 g/mol. The Kier molecular flexibility index (Phi) is 31.0. The highest BCUT2D eigenvalue weighted by molar-refractivity contribution is 5.66. The molecule has 0 aromatic heterocycles. The first-order chi connectivity index (χ1) is 15.1. The van der Waals surface area contributed by atoms with Crippen LogP contribution >= 0.6 is 0 Å². The summed E-state index contributed by atoms with van der Waals surface area (Å²) in [5.41, 5.74) is 0. The number of carbonyl (C=O) groups is 1. The van der Waals surface area contributed by atoms with Crippen LogP contribution in [-0.4, -0.2) is 22.3 Å². The quantitative estimate of drug-likeness (QED) is 0.155. The molecule has 1 unspecified atom stereocenters. The number of hydrogen-bond acceptors (Lipinski definition) is 2. The van der Waals surface area contributed by atoms with Gasteiger partial charge in [0.2, 0.25) is 0 Å². The number of aliphatic hydroxyl groups is 1. The maximum Gasteiger partial charge on any atom is 0.303 e. The van der Waals surface area contributed by atoms with Crippen molar-refractivity contribution in [2.75, 3.05) is 0 Å². The Morgan fingerprint density at radius 1 is 0.516 bits per heavy atom.